The van der Waals surface area contributed by atoms with Gasteiger partial charge in [-0.3, -0.25) is 9.59 Å². The van der Waals surface area contributed by atoms with E-state index < -0.39 is 0 Å². The van der Waals surface area contributed by atoms with Crippen molar-refractivity contribution in [2.45, 2.75) is 19.8 Å². The van der Waals surface area contributed by atoms with Crippen molar-refractivity contribution in [3.8, 4) is 0 Å². The summed E-state index contributed by atoms with van der Waals surface area (Å²) in [4.78, 5) is 27.4. The molecule has 1 N–H and O–H groups in total. The summed E-state index contributed by atoms with van der Waals surface area (Å²) < 4.78 is 0.648. The highest BCUT2D eigenvalue weighted by Gasteiger charge is 2.24. The van der Waals surface area contributed by atoms with Crippen molar-refractivity contribution in [1.82, 2.24) is 4.90 Å². The van der Waals surface area contributed by atoms with Crippen LogP contribution < -0.4 is 5.32 Å². The Bertz CT molecular complexity index is 832. The minimum Gasteiger partial charge on any atom is -0.339 e. The molecule has 130 valence electrons. The molecule has 4 nitrogen and oxygen atoms in total. The number of nitrogens with zero attached hydrogens (tertiary/aromatic N) is 1. The second-order valence-electron chi connectivity index (χ2n) is 6.08. The number of hydrogen-bond donors (Lipinski definition) is 1. The first kappa shape index (κ1) is 18.0. The van der Waals surface area contributed by atoms with Crippen LogP contribution in [0.25, 0.3) is 0 Å². The number of nitrogens with one attached hydrogen (secondary N) is 1. The molecule has 2 aromatic carbocycles. The Morgan fingerprint density at radius 2 is 1.88 bits per heavy atom. The lowest BCUT2D eigenvalue weighted by Crippen LogP contribution is -2.29. The van der Waals surface area contributed by atoms with Crippen molar-refractivity contribution in [1.29, 1.82) is 0 Å². The third-order valence-corrected chi connectivity index (χ3v) is 5.23. The Labute approximate surface area is 160 Å². The van der Waals surface area contributed by atoms with Gasteiger partial charge in [-0.1, -0.05) is 23.7 Å². The van der Waals surface area contributed by atoms with Crippen molar-refractivity contribution in [3.05, 3.63) is 62.6 Å². The monoisotopic (exact) mass is 420 g/mol. The first-order valence-electron chi connectivity index (χ1n) is 8.12. The van der Waals surface area contributed by atoms with Crippen LogP contribution in [0.3, 0.4) is 0 Å². The Morgan fingerprint density at radius 1 is 1.16 bits per heavy atom. The van der Waals surface area contributed by atoms with E-state index in [9.17, 15) is 9.59 Å². The Balaban J connectivity index is 1.92. The normalized spacial score (nSPS) is 13.8. The van der Waals surface area contributed by atoms with Crippen LogP contribution >= 0.6 is 27.5 Å². The highest BCUT2D eigenvalue weighted by molar-refractivity contribution is 9.10. The zero-order valence-corrected chi connectivity index (χ0v) is 16.2. The molecular formula is C19H18BrClN2O2. The average Bonchev–Trinajstić information content (AvgIpc) is 3.11. The summed E-state index contributed by atoms with van der Waals surface area (Å²) in [7, 11) is 0. The van der Waals surface area contributed by atoms with E-state index in [0.717, 1.165) is 31.5 Å². The molecule has 1 saturated heterocycles. The SMILES string of the molecule is Cc1cccc(NC(=O)c2cc(Cl)ccc2Br)c1C(=O)N1CCCC1. The molecule has 2 aromatic rings. The molecule has 0 bridgehead atoms. The van der Waals surface area contributed by atoms with Crippen LogP contribution in [0.5, 0.6) is 0 Å². The first-order valence-corrected chi connectivity index (χ1v) is 9.30. The number of anilines is 1. The van der Waals surface area contributed by atoms with Crippen LogP contribution in [0.2, 0.25) is 5.02 Å². The number of carbonyl (C=O) groups excluding carboxylic acids is 2. The number of hydrogen-bond acceptors (Lipinski definition) is 2. The van der Waals surface area contributed by atoms with E-state index in [1.54, 1.807) is 24.3 Å². The molecule has 1 heterocycles. The fourth-order valence-electron chi connectivity index (χ4n) is 3.00. The van der Waals surface area contributed by atoms with Gasteiger partial charge in [0.25, 0.3) is 11.8 Å². The van der Waals surface area contributed by atoms with E-state index in [4.69, 9.17) is 11.6 Å². The van der Waals surface area contributed by atoms with Gasteiger partial charge < -0.3 is 10.2 Å². The Kier molecular flexibility index (Phi) is 5.45. The molecule has 0 aliphatic carbocycles. The lowest BCUT2D eigenvalue weighted by molar-refractivity contribution is 0.0793. The summed E-state index contributed by atoms with van der Waals surface area (Å²) in [5, 5.41) is 3.34. The van der Waals surface area contributed by atoms with E-state index >= 15 is 0 Å². The minimum absolute atomic E-state index is 0.0314. The zero-order chi connectivity index (χ0) is 18.0. The number of benzene rings is 2. The molecule has 0 atom stereocenters. The van der Waals surface area contributed by atoms with E-state index in [0.29, 0.717) is 26.3 Å². The molecule has 3 rings (SSSR count). The van der Waals surface area contributed by atoms with Gasteiger partial charge in [-0.2, -0.15) is 0 Å². The van der Waals surface area contributed by atoms with Gasteiger partial charge >= 0.3 is 0 Å². The molecule has 1 fully saturated rings. The standard InChI is InChI=1S/C19H18BrClN2O2/c1-12-5-4-6-16(17(12)19(25)23-9-2-3-10-23)22-18(24)14-11-13(21)7-8-15(14)20/h4-8,11H,2-3,9-10H2,1H3,(H,22,24). The molecule has 0 spiro atoms. The summed E-state index contributed by atoms with van der Waals surface area (Å²) >= 11 is 9.36. The molecule has 0 unspecified atom stereocenters. The maximum Gasteiger partial charge on any atom is 0.256 e. The van der Waals surface area contributed by atoms with Gasteiger partial charge in [-0.05, 0) is 65.5 Å². The number of halogens is 2. The largest absolute Gasteiger partial charge is 0.339 e. The predicted molar refractivity (Wildman–Crippen MR) is 103 cm³/mol. The second-order valence-corrected chi connectivity index (χ2v) is 7.37. The third-order valence-electron chi connectivity index (χ3n) is 4.30. The first-order chi connectivity index (χ1) is 12.0. The maximum absolute atomic E-state index is 12.9. The van der Waals surface area contributed by atoms with Gasteiger partial charge in [0.15, 0.2) is 0 Å². The number of likely N-dealkylation sites (tertiary alicyclic amines) is 1. The number of rotatable bonds is 3. The molecule has 1 aliphatic heterocycles. The minimum atomic E-state index is -0.310. The fourth-order valence-corrected chi connectivity index (χ4v) is 3.59. The molecule has 25 heavy (non-hydrogen) atoms. The van der Waals surface area contributed by atoms with Gasteiger partial charge in [0, 0.05) is 22.6 Å². The fraction of sp³-hybridized carbons (Fsp3) is 0.263. The van der Waals surface area contributed by atoms with E-state index in [-0.39, 0.29) is 11.8 Å². The highest BCUT2D eigenvalue weighted by atomic mass is 79.9. The van der Waals surface area contributed by atoms with Gasteiger partial charge in [0.05, 0.1) is 16.8 Å². The van der Waals surface area contributed by atoms with E-state index in [1.165, 1.54) is 0 Å². The number of aryl methyl sites for hydroxylation is 1. The molecule has 1 aliphatic rings. The van der Waals surface area contributed by atoms with Crippen molar-refractivity contribution < 1.29 is 9.59 Å². The lowest BCUT2D eigenvalue weighted by Gasteiger charge is -2.20. The smallest absolute Gasteiger partial charge is 0.256 e. The molecule has 0 saturated carbocycles. The van der Waals surface area contributed by atoms with Gasteiger partial charge in [0.2, 0.25) is 0 Å². The lowest BCUT2D eigenvalue weighted by atomic mass is 10.0. The molecule has 0 radical (unpaired) electrons. The quantitative estimate of drug-likeness (QED) is 0.766. The summed E-state index contributed by atoms with van der Waals surface area (Å²) in [6.07, 6.45) is 2.05. The maximum atomic E-state index is 12.9. The topological polar surface area (TPSA) is 49.4 Å². The van der Waals surface area contributed by atoms with Crippen molar-refractivity contribution in [2.75, 3.05) is 18.4 Å². The van der Waals surface area contributed by atoms with Crippen molar-refractivity contribution in [3.63, 3.8) is 0 Å². The zero-order valence-electron chi connectivity index (χ0n) is 13.8. The number of carbonyl (C=O) groups is 2. The third kappa shape index (κ3) is 3.88. The van der Waals surface area contributed by atoms with Crippen LogP contribution in [0, 0.1) is 6.92 Å². The highest BCUT2D eigenvalue weighted by Crippen LogP contribution is 2.26. The Hall–Kier alpha value is -1.85. The predicted octanol–water partition coefficient (Wildman–Crippen LogP) is 4.90. The molecule has 2 amide bonds. The van der Waals surface area contributed by atoms with Crippen LogP contribution in [0.4, 0.5) is 5.69 Å². The van der Waals surface area contributed by atoms with Crippen LogP contribution in [0.1, 0.15) is 39.1 Å². The summed E-state index contributed by atoms with van der Waals surface area (Å²) in [5.41, 5.74) is 2.35. The summed E-state index contributed by atoms with van der Waals surface area (Å²) in [5.74, 6) is -0.341. The second kappa shape index (κ2) is 7.58. The average molecular weight is 422 g/mol. The van der Waals surface area contributed by atoms with Gasteiger partial charge in [-0.15, -0.1) is 0 Å². The number of amides is 2. The van der Waals surface area contributed by atoms with Crippen LogP contribution in [0.15, 0.2) is 40.9 Å². The summed E-state index contributed by atoms with van der Waals surface area (Å²) in [6.45, 7) is 3.41. The Morgan fingerprint density at radius 3 is 2.60 bits per heavy atom. The van der Waals surface area contributed by atoms with E-state index in [2.05, 4.69) is 21.2 Å². The summed E-state index contributed by atoms with van der Waals surface area (Å²) in [6, 6.07) is 10.5. The van der Waals surface area contributed by atoms with E-state index in [1.807, 2.05) is 24.0 Å². The van der Waals surface area contributed by atoms with Gasteiger partial charge in [-0.25, -0.2) is 0 Å². The van der Waals surface area contributed by atoms with Crippen molar-refractivity contribution in [2.24, 2.45) is 0 Å². The van der Waals surface area contributed by atoms with Gasteiger partial charge in [0.1, 0.15) is 0 Å². The van der Waals surface area contributed by atoms with Crippen molar-refractivity contribution >= 4 is 45.0 Å². The molecule has 6 heteroatoms. The van der Waals surface area contributed by atoms with Crippen LogP contribution in [-0.2, 0) is 0 Å². The van der Waals surface area contributed by atoms with Crippen LogP contribution in [-0.4, -0.2) is 29.8 Å². The molecule has 0 aromatic heterocycles. The molecular weight excluding hydrogens is 404 g/mol.